The fraction of sp³-hybridized carbons (Fsp3) is 0.455. The Morgan fingerprint density at radius 2 is 2.08 bits per heavy atom. The Kier molecular flexibility index (Phi) is 2.97. The predicted molar refractivity (Wildman–Crippen MR) is 55.1 cm³/mol. The molecule has 1 saturated heterocycles. The zero-order valence-corrected chi connectivity index (χ0v) is 8.41. The molecule has 2 heteroatoms. The Bertz CT molecular complexity index is 254. The molecule has 0 radical (unpaired) electrons. The van der Waals surface area contributed by atoms with Crippen LogP contribution in [0.15, 0.2) is 30.3 Å². The normalized spacial score (nSPS) is 24.5. The van der Waals surface area contributed by atoms with Crippen molar-refractivity contribution in [1.82, 2.24) is 0 Å². The molecule has 0 amide bonds. The van der Waals surface area contributed by atoms with Crippen molar-refractivity contribution in [2.45, 2.75) is 24.6 Å². The van der Waals surface area contributed by atoms with Gasteiger partial charge in [0.25, 0.3) is 0 Å². The first-order valence-electron chi connectivity index (χ1n) is 4.72. The van der Waals surface area contributed by atoms with E-state index in [1.165, 1.54) is 12.0 Å². The molecular formula is C11H13OP-2. The molecule has 1 heterocycles. The van der Waals surface area contributed by atoms with Crippen molar-refractivity contribution in [3.8, 4) is 0 Å². The van der Waals surface area contributed by atoms with Crippen LogP contribution >= 0.6 is 9.24 Å². The molecule has 70 valence electrons. The van der Waals surface area contributed by atoms with E-state index >= 15 is 0 Å². The maximum absolute atomic E-state index is 5.59. The fourth-order valence-electron chi connectivity index (χ4n) is 1.72. The second-order valence-electron chi connectivity index (χ2n) is 3.41. The lowest BCUT2D eigenvalue weighted by Gasteiger charge is -2.50. The van der Waals surface area contributed by atoms with Gasteiger partial charge in [0.15, 0.2) is 0 Å². The zero-order valence-electron chi connectivity index (χ0n) is 7.52. The summed E-state index contributed by atoms with van der Waals surface area (Å²) in [4.78, 5) is 0. The molecule has 2 unspecified atom stereocenters. The average Bonchev–Trinajstić information content (AvgIpc) is 2.71. The molecule has 0 aromatic heterocycles. The van der Waals surface area contributed by atoms with Crippen molar-refractivity contribution in [1.29, 1.82) is 0 Å². The zero-order chi connectivity index (χ0) is 9.10. The second kappa shape index (κ2) is 4.21. The standard InChI is InChI=1S/C11H13OP/c13-11(10-7-4-8-12-10)9-5-2-1-3-6-9/h1-3,5-6,10-11H,4,7-8H2/q-2. The van der Waals surface area contributed by atoms with E-state index in [1.54, 1.807) is 0 Å². The van der Waals surface area contributed by atoms with Gasteiger partial charge in [-0.15, -0.1) is 0 Å². The van der Waals surface area contributed by atoms with Gasteiger partial charge in [-0.05, 0) is 12.8 Å². The smallest absolute Gasteiger partial charge is 0.0468 e. The van der Waals surface area contributed by atoms with Crippen molar-refractivity contribution in [2.75, 3.05) is 6.61 Å². The van der Waals surface area contributed by atoms with E-state index in [4.69, 9.17) is 4.74 Å². The topological polar surface area (TPSA) is 9.23 Å². The summed E-state index contributed by atoms with van der Waals surface area (Å²) in [6, 6.07) is 10.3. The minimum atomic E-state index is 0.240. The molecular weight excluding hydrogens is 179 g/mol. The van der Waals surface area contributed by atoms with E-state index in [9.17, 15) is 0 Å². The van der Waals surface area contributed by atoms with E-state index in [0.717, 1.165) is 13.0 Å². The Hall–Kier alpha value is -0.390. The highest BCUT2D eigenvalue weighted by molar-refractivity contribution is 7.17. The van der Waals surface area contributed by atoms with Crippen LogP contribution in [0.4, 0.5) is 0 Å². The third kappa shape index (κ3) is 2.10. The van der Waals surface area contributed by atoms with E-state index in [1.807, 2.05) is 18.2 Å². The van der Waals surface area contributed by atoms with Gasteiger partial charge in [0.2, 0.25) is 0 Å². The van der Waals surface area contributed by atoms with Crippen LogP contribution < -0.4 is 0 Å². The molecule has 1 aromatic carbocycles. The molecule has 0 aliphatic carbocycles. The summed E-state index contributed by atoms with van der Waals surface area (Å²) in [5.74, 6) is 0. The molecule has 1 aliphatic heterocycles. The highest BCUT2D eigenvalue weighted by Gasteiger charge is 2.12. The molecule has 2 rings (SSSR count). The first-order valence-corrected chi connectivity index (χ1v) is 5.24. The van der Waals surface area contributed by atoms with Crippen LogP contribution in [0.2, 0.25) is 0 Å². The van der Waals surface area contributed by atoms with Crippen LogP contribution in [0, 0.1) is 0 Å². The third-order valence-corrected chi connectivity index (χ3v) is 3.09. The van der Waals surface area contributed by atoms with Gasteiger partial charge in [-0.2, -0.15) is 0 Å². The Labute approximate surface area is 81.7 Å². The Balaban J connectivity index is 2.08. The molecule has 0 saturated carbocycles. The van der Waals surface area contributed by atoms with E-state index in [2.05, 4.69) is 21.4 Å². The minimum absolute atomic E-state index is 0.240. The monoisotopic (exact) mass is 192 g/mol. The van der Waals surface area contributed by atoms with Crippen molar-refractivity contribution >= 4 is 9.24 Å². The molecule has 1 aliphatic rings. The summed E-state index contributed by atoms with van der Waals surface area (Å²) in [7, 11) is 4.59. The first-order chi connectivity index (χ1) is 6.38. The maximum Gasteiger partial charge on any atom is 0.0468 e. The van der Waals surface area contributed by atoms with Gasteiger partial charge in [-0.25, -0.2) is 0 Å². The van der Waals surface area contributed by atoms with Gasteiger partial charge in [-0.1, -0.05) is 35.9 Å². The van der Waals surface area contributed by atoms with Gasteiger partial charge >= 0.3 is 0 Å². The molecule has 0 N–H and O–H groups in total. The lowest BCUT2D eigenvalue weighted by molar-refractivity contribution is 0.109. The van der Waals surface area contributed by atoms with Crippen LogP contribution in [0.25, 0.3) is 0 Å². The first kappa shape index (κ1) is 9.18. The quantitative estimate of drug-likeness (QED) is 0.653. The van der Waals surface area contributed by atoms with Gasteiger partial charge < -0.3 is 14.0 Å². The van der Waals surface area contributed by atoms with E-state index in [-0.39, 0.29) is 5.66 Å². The molecule has 0 spiro atoms. The van der Waals surface area contributed by atoms with Crippen molar-refractivity contribution in [3.05, 3.63) is 35.9 Å². The average molecular weight is 192 g/mol. The summed E-state index contributed by atoms with van der Waals surface area (Å²) < 4.78 is 5.59. The SMILES string of the molecule is [P-2]C(c1ccccc1)C1CCCO1. The molecule has 13 heavy (non-hydrogen) atoms. The molecule has 2 atom stereocenters. The van der Waals surface area contributed by atoms with E-state index in [0.29, 0.717) is 6.10 Å². The van der Waals surface area contributed by atoms with Crippen LogP contribution in [0.1, 0.15) is 24.1 Å². The Morgan fingerprint density at radius 3 is 2.69 bits per heavy atom. The molecule has 0 bridgehead atoms. The van der Waals surface area contributed by atoms with Gasteiger partial charge in [0.05, 0.1) is 0 Å². The lowest BCUT2D eigenvalue weighted by Crippen LogP contribution is -2.11. The Morgan fingerprint density at radius 1 is 1.31 bits per heavy atom. The van der Waals surface area contributed by atoms with Crippen LogP contribution in [0.5, 0.6) is 0 Å². The molecule has 1 aromatic rings. The van der Waals surface area contributed by atoms with Gasteiger partial charge in [0, 0.05) is 12.7 Å². The van der Waals surface area contributed by atoms with Gasteiger partial charge in [-0.3, -0.25) is 5.66 Å². The lowest BCUT2D eigenvalue weighted by atomic mass is 10.1. The maximum atomic E-state index is 5.59. The summed E-state index contributed by atoms with van der Waals surface area (Å²) in [5.41, 5.74) is 1.50. The van der Waals surface area contributed by atoms with Crippen molar-refractivity contribution in [2.24, 2.45) is 0 Å². The summed E-state index contributed by atoms with van der Waals surface area (Å²) >= 11 is 0. The highest BCUT2D eigenvalue weighted by atomic mass is 31.0. The van der Waals surface area contributed by atoms with Crippen molar-refractivity contribution < 1.29 is 4.74 Å². The number of rotatable bonds is 2. The summed E-state index contributed by atoms with van der Waals surface area (Å²) in [6.45, 7) is 0.897. The largest absolute Gasteiger partial charge is 1.48 e. The number of ether oxygens (including phenoxy) is 1. The van der Waals surface area contributed by atoms with E-state index < -0.39 is 0 Å². The third-order valence-electron chi connectivity index (χ3n) is 2.46. The second-order valence-corrected chi connectivity index (χ2v) is 3.96. The van der Waals surface area contributed by atoms with Gasteiger partial charge in [0.1, 0.15) is 0 Å². The van der Waals surface area contributed by atoms with Crippen LogP contribution in [-0.4, -0.2) is 12.7 Å². The predicted octanol–water partition coefficient (Wildman–Crippen LogP) is 3.32. The van der Waals surface area contributed by atoms with Crippen LogP contribution in [-0.2, 0) is 4.74 Å². The number of hydrogen-bond donors (Lipinski definition) is 0. The molecule has 1 nitrogen and oxygen atoms in total. The number of hydrogen-bond acceptors (Lipinski definition) is 1. The highest BCUT2D eigenvalue weighted by Crippen LogP contribution is 2.33. The molecule has 1 fully saturated rings. The minimum Gasteiger partial charge on any atom is -1.48 e. The van der Waals surface area contributed by atoms with Crippen molar-refractivity contribution in [3.63, 3.8) is 0 Å². The number of benzene rings is 1. The summed E-state index contributed by atoms with van der Waals surface area (Å²) in [6.07, 6.45) is 2.63. The van der Waals surface area contributed by atoms with Crippen LogP contribution in [0.3, 0.4) is 0 Å². The summed E-state index contributed by atoms with van der Waals surface area (Å²) in [5, 5.41) is 0. The fourth-order valence-corrected chi connectivity index (χ4v) is 2.12.